The molecule has 0 aromatic carbocycles. The Balaban J connectivity index is 1.29. The number of halogens is 3. The number of hydrogen-bond acceptors (Lipinski definition) is 4. The molecular formula is C30H52F3N3O2S. The van der Waals surface area contributed by atoms with Crippen LogP contribution in [0.1, 0.15) is 97.3 Å². The monoisotopic (exact) mass is 575 g/mol. The highest BCUT2D eigenvalue weighted by molar-refractivity contribution is 7.89. The number of rotatable bonds is 5. The average Bonchev–Trinajstić information content (AvgIpc) is 2.89. The minimum atomic E-state index is -4.47. The fourth-order valence-electron chi connectivity index (χ4n) is 9.70. The van der Waals surface area contributed by atoms with Crippen LogP contribution in [0.2, 0.25) is 0 Å². The number of fused-ring (bicyclic) bond motifs is 1. The van der Waals surface area contributed by atoms with Crippen LogP contribution >= 0.6 is 0 Å². The van der Waals surface area contributed by atoms with Crippen molar-refractivity contribution < 1.29 is 21.6 Å². The molecular weight excluding hydrogens is 523 g/mol. The molecule has 2 aliphatic heterocycles. The second kappa shape index (κ2) is 12.1. The Labute approximate surface area is 234 Å². The molecule has 5 rings (SSSR count). The van der Waals surface area contributed by atoms with Gasteiger partial charge in [-0.2, -0.15) is 13.2 Å². The molecule has 3 aliphatic carbocycles. The van der Waals surface area contributed by atoms with E-state index in [9.17, 15) is 21.6 Å². The number of sulfonamides is 1. The second-order valence-electron chi connectivity index (χ2n) is 13.9. The van der Waals surface area contributed by atoms with E-state index >= 15 is 0 Å². The summed E-state index contributed by atoms with van der Waals surface area (Å²) in [7, 11) is -4.04. The van der Waals surface area contributed by atoms with E-state index in [1.54, 1.807) is 0 Å². The quantitative estimate of drug-likeness (QED) is 0.434. The summed E-state index contributed by atoms with van der Waals surface area (Å²) in [5.74, 6) is 2.37. The first kappa shape index (κ1) is 30.1. The summed E-state index contributed by atoms with van der Waals surface area (Å²) in [6.07, 6.45) is 7.08. The van der Waals surface area contributed by atoms with Crippen LogP contribution in [-0.4, -0.2) is 67.3 Å². The summed E-state index contributed by atoms with van der Waals surface area (Å²) < 4.78 is 70.8. The first-order valence-electron chi connectivity index (χ1n) is 16.1. The largest absolute Gasteiger partial charge is 0.393 e. The van der Waals surface area contributed by atoms with E-state index in [2.05, 4.69) is 18.7 Å². The van der Waals surface area contributed by atoms with Crippen LogP contribution in [0.25, 0.3) is 0 Å². The predicted octanol–water partition coefficient (Wildman–Crippen LogP) is 6.04. The maximum Gasteiger partial charge on any atom is 0.393 e. The van der Waals surface area contributed by atoms with Gasteiger partial charge in [-0.3, -0.25) is 4.90 Å². The van der Waals surface area contributed by atoms with Crippen molar-refractivity contribution in [1.29, 1.82) is 0 Å². The molecule has 226 valence electrons. The Hall–Kier alpha value is -0.380. The molecule has 9 heteroatoms. The normalized spacial score (nSPS) is 43.6. The number of nitrogens with two attached hydrogens (primary N) is 1. The van der Waals surface area contributed by atoms with E-state index in [1.807, 2.05) is 0 Å². The first-order chi connectivity index (χ1) is 18.5. The smallest absolute Gasteiger partial charge is 0.329 e. The van der Waals surface area contributed by atoms with Crippen LogP contribution in [-0.2, 0) is 10.0 Å². The summed E-state index contributed by atoms with van der Waals surface area (Å²) in [6.45, 7) is 7.03. The predicted molar refractivity (Wildman–Crippen MR) is 149 cm³/mol. The molecule has 2 N–H and O–H groups in total. The van der Waals surface area contributed by atoms with Gasteiger partial charge in [0.15, 0.2) is 0 Å². The average molecular weight is 576 g/mol. The van der Waals surface area contributed by atoms with Crippen LogP contribution in [0.5, 0.6) is 0 Å². The van der Waals surface area contributed by atoms with Crippen molar-refractivity contribution in [3.8, 4) is 0 Å². The maximum atomic E-state index is 13.9. The highest BCUT2D eigenvalue weighted by Gasteiger charge is 2.55. The third kappa shape index (κ3) is 5.94. The van der Waals surface area contributed by atoms with Gasteiger partial charge in [0, 0.05) is 31.7 Å². The van der Waals surface area contributed by atoms with E-state index in [0.717, 1.165) is 36.6 Å². The zero-order valence-corrected chi connectivity index (χ0v) is 24.9. The Morgan fingerprint density at radius 1 is 0.821 bits per heavy atom. The zero-order valence-electron chi connectivity index (χ0n) is 24.1. The minimum Gasteiger partial charge on any atom is -0.329 e. The van der Waals surface area contributed by atoms with Crippen molar-refractivity contribution in [1.82, 2.24) is 9.21 Å². The van der Waals surface area contributed by atoms with E-state index in [0.29, 0.717) is 50.7 Å². The van der Waals surface area contributed by atoms with Crippen molar-refractivity contribution in [2.24, 2.45) is 47.2 Å². The van der Waals surface area contributed by atoms with Crippen molar-refractivity contribution in [3.05, 3.63) is 0 Å². The number of nitrogens with zero attached hydrogens (tertiary/aromatic N) is 2. The first-order valence-corrected chi connectivity index (χ1v) is 17.6. The molecule has 5 aliphatic rings. The number of alkyl halides is 3. The molecule has 0 radical (unpaired) electrons. The SMILES string of the molecule is CC1CCCC(C2CCC([C@@H]3[C@@H](CN)N4CCCCN(S(=O)(=O)C5CCCCC5C(F)(F)F)C[C@@H]34)CC2)C1C. The Morgan fingerprint density at radius 3 is 2.18 bits per heavy atom. The van der Waals surface area contributed by atoms with Gasteiger partial charge in [-0.05, 0) is 99.8 Å². The molecule has 5 unspecified atom stereocenters. The molecule has 2 saturated heterocycles. The minimum absolute atomic E-state index is 0.0731. The highest BCUT2D eigenvalue weighted by Crippen LogP contribution is 2.50. The molecule has 2 heterocycles. The molecule has 3 saturated carbocycles. The van der Waals surface area contributed by atoms with Gasteiger partial charge in [0.2, 0.25) is 10.0 Å². The standard InChI is InChI=1S/C30H52F3N3O2S/c1-20-8-7-9-24(21(20)2)22-12-14-23(15-13-22)29-26(18-34)36-17-6-5-16-35(19-27(29)36)39(37,38)28-11-4-3-10-25(28)30(31,32)33/h20-29H,3-19,34H2,1-2H3/t20?,21?,22?,23?,24?,25?,26-,27+,28?,29-/m1/s1. The number of hydrogen-bond donors (Lipinski definition) is 1. The van der Waals surface area contributed by atoms with Crippen molar-refractivity contribution in [2.45, 2.75) is 121 Å². The van der Waals surface area contributed by atoms with E-state index in [1.165, 1.54) is 49.3 Å². The fourth-order valence-corrected chi connectivity index (χ4v) is 12.0. The van der Waals surface area contributed by atoms with Gasteiger partial charge in [-0.25, -0.2) is 12.7 Å². The topological polar surface area (TPSA) is 66.6 Å². The lowest BCUT2D eigenvalue weighted by Crippen LogP contribution is -2.72. The summed E-state index contributed by atoms with van der Waals surface area (Å²) in [4.78, 5) is 2.41. The van der Waals surface area contributed by atoms with Gasteiger partial charge >= 0.3 is 6.18 Å². The molecule has 0 amide bonds. The summed E-state index contributed by atoms with van der Waals surface area (Å²) in [5.41, 5.74) is 6.31. The van der Waals surface area contributed by atoms with Gasteiger partial charge in [0.05, 0.1) is 11.2 Å². The van der Waals surface area contributed by atoms with Crippen molar-refractivity contribution in [2.75, 3.05) is 26.2 Å². The van der Waals surface area contributed by atoms with Crippen LogP contribution in [0, 0.1) is 41.4 Å². The summed E-state index contributed by atoms with van der Waals surface area (Å²) in [5, 5.41) is -1.33. The van der Waals surface area contributed by atoms with Gasteiger partial charge in [-0.15, -0.1) is 0 Å². The van der Waals surface area contributed by atoms with Gasteiger partial charge in [0.1, 0.15) is 0 Å². The Kier molecular flexibility index (Phi) is 9.32. The third-order valence-corrected chi connectivity index (χ3v) is 14.4. The van der Waals surface area contributed by atoms with Crippen molar-refractivity contribution >= 4 is 10.0 Å². The highest BCUT2D eigenvalue weighted by atomic mass is 32.2. The molecule has 39 heavy (non-hydrogen) atoms. The fraction of sp³-hybridized carbons (Fsp3) is 1.00. The lowest BCUT2D eigenvalue weighted by molar-refractivity contribution is -0.180. The lowest BCUT2D eigenvalue weighted by atomic mass is 9.60. The zero-order chi connectivity index (χ0) is 27.9. The molecule has 5 fully saturated rings. The molecule has 5 nitrogen and oxygen atoms in total. The Bertz CT molecular complexity index is 923. The van der Waals surface area contributed by atoms with E-state index < -0.39 is 27.4 Å². The summed E-state index contributed by atoms with van der Waals surface area (Å²) in [6, 6.07) is 0.349. The molecule has 0 bridgehead atoms. The van der Waals surface area contributed by atoms with Gasteiger partial charge < -0.3 is 5.73 Å². The molecule has 8 atom stereocenters. The summed E-state index contributed by atoms with van der Waals surface area (Å²) >= 11 is 0. The van der Waals surface area contributed by atoms with Gasteiger partial charge in [0.25, 0.3) is 0 Å². The molecule has 0 aromatic heterocycles. The Morgan fingerprint density at radius 2 is 1.49 bits per heavy atom. The van der Waals surface area contributed by atoms with E-state index in [-0.39, 0.29) is 24.9 Å². The van der Waals surface area contributed by atoms with Crippen LogP contribution in [0.4, 0.5) is 13.2 Å². The van der Waals surface area contributed by atoms with Crippen LogP contribution < -0.4 is 5.73 Å². The second-order valence-corrected chi connectivity index (χ2v) is 16.0. The lowest BCUT2D eigenvalue weighted by Gasteiger charge is -2.60. The molecule has 0 spiro atoms. The van der Waals surface area contributed by atoms with Gasteiger partial charge in [-0.1, -0.05) is 39.5 Å². The van der Waals surface area contributed by atoms with Crippen LogP contribution in [0.3, 0.4) is 0 Å². The maximum absolute atomic E-state index is 13.9. The van der Waals surface area contributed by atoms with E-state index in [4.69, 9.17) is 5.73 Å². The third-order valence-electron chi connectivity index (χ3n) is 12.0. The van der Waals surface area contributed by atoms with Crippen molar-refractivity contribution in [3.63, 3.8) is 0 Å². The van der Waals surface area contributed by atoms with Crippen LogP contribution in [0.15, 0.2) is 0 Å². The molecule has 0 aromatic rings.